The zero-order valence-electron chi connectivity index (χ0n) is 16.1. The number of anilines is 1. The fraction of sp³-hybridized carbons (Fsp3) is 0.409. The first-order valence-corrected chi connectivity index (χ1v) is 9.52. The molecule has 0 bridgehead atoms. The summed E-state index contributed by atoms with van der Waals surface area (Å²) in [4.78, 5) is 16.5. The van der Waals surface area contributed by atoms with Gasteiger partial charge in [0.15, 0.2) is 0 Å². The quantitative estimate of drug-likeness (QED) is 0.852. The van der Waals surface area contributed by atoms with Gasteiger partial charge in [-0.2, -0.15) is 0 Å². The Morgan fingerprint density at radius 1 is 1.15 bits per heavy atom. The van der Waals surface area contributed by atoms with Gasteiger partial charge in [0.05, 0.1) is 13.2 Å². The van der Waals surface area contributed by atoms with E-state index in [2.05, 4.69) is 4.90 Å². The number of β-amino-alcohol motifs (C(OH)–C–C–N with tert-alkyl or cyclic N) is 1. The fourth-order valence-electron chi connectivity index (χ4n) is 3.61. The molecule has 1 aliphatic heterocycles. The molecule has 1 aliphatic rings. The number of ether oxygens (including phenoxy) is 1. The second kappa shape index (κ2) is 8.91. The molecule has 1 heterocycles. The van der Waals surface area contributed by atoms with Crippen molar-refractivity contribution in [2.75, 3.05) is 31.6 Å². The van der Waals surface area contributed by atoms with Crippen LogP contribution in [0.2, 0.25) is 0 Å². The van der Waals surface area contributed by atoms with E-state index in [0.717, 1.165) is 22.6 Å². The Bertz CT molecular complexity index is 763. The van der Waals surface area contributed by atoms with Crippen LogP contribution in [0.3, 0.4) is 0 Å². The molecular formula is C22H28N2O3. The molecule has 3 rings (SSSR count). The van der Waals surface area contributed by atoms with E-state index in [1.54, 1.807) is 7.11 Å². The molecule has 0 aromatic heterocycles. The maximum atomic E-state index is 12.5. The monoisotopic (exact) mass is 368 g/mol. The molecule has 27 heavy (non-hydrogen) atoms. The SMILES string of the molecule is CCN1Cc2cc(OC)ccc2N(CC(O)Cc2ccccc2)CCC1=O. The molecule has 5 nitrogen and oxygen atoms in total. The number of benzene rings is 2. The van der Waals surface area contributed by atoms with E-state index in [4.69, 9.17) is 4.74 Å². The van der Waals surface area contributed by atoms with Crippen molar-refractivity contribution >= 4 is 11.6 Å². The summed E-state index contributed by atoms with van der Waals surface area (Å²) in [6.07, 6.45) is 0.550. The summed E-state index contributed by atoms with van der Waals surface area (Å²) >= 11 is 0. The van der Waals surface area contributed by atoms with Crippen molar-refractivity contribution in [2.24, 2.45) is 0 Å². The van der Waals surface area contributed by atoms with E-state index in [0.29, 0.717) is 39.0 Å². The molecule has 1 atom stereocenters. The second-order valence-electron chi connectivity index (χ2n) is 6.94. The van der Waals surface area contributed by atoms with Crippen LogP contribution < -0.4 is 9.64 Å². The number of hydrogen-bond acceptors (Lipinski definition) is 4. The number of hydrogen-bond donors (Lipinski definition) is 1. The van der Waals surface area contributed by atoms with Gasteiger partial charge in [-0.15, -0.1) is 0 Å². The van der Waals surface area contributed by atoms with E-state index >= 15 is 0 Å². The summed E-state index contributed by atoms with van der Waals surface area (Å²) in [5.74, 6) is 0.927. The Morgan fingerprint density at radius 3 is 2.63 bits per heavy atom. The number of methoxy groups -OCH3 is 1. The van der Waals surface area contributed by atoms with Gasteiger partial charge in [0.1, 0.15) is 5.75 Å². The number of fused-ring (bicyclic) bond motifs is 1. The molecule has 0 saturated heterocycles. The lowest BCUT2D eigenvalue weighted by atomic mass is 10.0. The molecule has 1 unspecified atom stereocenters. The molecule has 0 saturated carbocycles. The zero-order chi connectivity index (χ0) is 19.2. The standard InChI is InChI=1S/C22H28N2O3/c1-3-23-15-18-14-20(27-2)9-10-21(18)24(12-11-22(23)26)16-19(25)13-17-7-5-4-6-8-17/h4-10,14,19,25H,3,11-13,15-16H2,1-2H3. The summed E-state index contributed by atoms with van der Waals surface area (Å²) in [5, 5.41) is 10.6. The van der Waals surface area contributed by atoms with Gasteiger partial charge in [-0.1, -0.05) is 30.3 Å². The number of amides is 1. The number of aliphatic hydroxyl groups is 1. The predicted molar refractivity (Wildman–Crippen MR) is 107 cm³/mol. The van der Waals surface area contributed by atoms with E-state index in [9.17, 15) is 9.90 Å². The van der Waals surface area contributed by atoms with Crippen molar-refractivity contribution in [1.29, 1.82) is 0 Å². The predicted octanol–water partition coefficient (Wildman–Crippen LogP) is 2.86. The third kappa shape index (κ3) is 4.80. The van der Waals surface area contributed by atoms with Gasteiger partial charge in [-0.05, 0) is 36.2 Å². The van der Waals surface area contributed by atoms with Crippen LogP contribution in [0.15, 0.2) is 48.5 Å². The van der Waals surface area contributed by atoms with Crippen molar-refractivity contribution in [2.45, 2.75) is 32.4 Å². The van der Waals surface area contributed by atoms with Crippen molar-refractivity contribution in [1.82, 2.24) is 4.90 Å². The molecule has 144 valence electrons. The third-order valence-electron chi connectivity index (χ3n) is 5.06. The van der Waals surface area contributed by atoms with Crippen LogP contribution in [0.1, 0.15) is 24.5 Å². The molecule has 0 spiro atoms. The first-order chi connectivity index (χ1) is 13.1. The minimum absolute atomic E-state index is 0.147. The molecule has 5 heteroatoms. The molecule has 1 N–H and O–H groups in total. The Labute approximate surface area is 161 Å². The molecule has 0 aliphatic carbocycles. The van der Waals surface area contributed by atoms with Crippen LogP contribution in [0.5, 0.6) is 5.75 Å². The first kappa shape index (κ1) is 19.2. The van der Waals surface area contributed by atoms with Gasteiger partial charge in [0.2, 0.25) is 5.91 Å². The van der Waals surface area contributed by atoms with Crippen LogP contribution in [0, 0.1) is 0 Å². The minimum Gasteiger partial charge on any atom is -0.497 e. The summed E-state index contributed by atoms with van der Waals surface area (Å²) in [7, 11) is 1.65. The van der Waals surface area contributed by atoms with E-state index in [1.807, 2.05) is 60.4 Å². The van der Waals surface area contributed by atoms with E-state index in [1.165, 1.54) is 0 Å². The van der Waals surface area contributed by atoms with Crippen LogP contribution in [-0.4, -0.2) is 48.8 Å². The summed E-state index contributed by atoms with van der Waals surface area (Å²) < 4.78 is 5.37. The summed E-state index contributed by atoms with van der Waals surface area (Å²) in [6.45, 7) is 4.34. The van der Waals surface area contributed by atoms with Gasteiger partial charge < -0.3 is 19.6 Å². The van der Waals surface area contributed by atoms with Crippen LogP contribution in [0.25, 0.3) is 0 Å². The minimum atomic E-state index is -0.501. The van der Waals surface area contributed by atoms with Gasteiger partial charge in [0.25, 0.3) is 0 Å². The molecular weight excluding hydrogens is 340 g/mol. The number of nitrogens with zero attached hydrogens (tertiary/aromatic N) is 2. The number of rotatable bonds is 6. The van der Waals surface area contributed by atoms with Crippen molar-refractivity contribution in [3.05, 3.63) is 59.7 Å². The molecule has 0 fully saturated rings. The molecule has 0 radical (unpaired) electrons. The maximum Gasteiger partial charge on any atom is 0.224 e. The molecule has 2 aromatic rings. The Hall–Kier alpha value is -2.53. The smallest absolute Gasteiger partial charge is 0.224 e. The van der Waals surface area contributed by atoms with Gasteiger partial charge in [0, 0.05) is 44.7 Å². The lowest BCUT2D eigenvalue weighted by Gasteiger charge is -2.34. The summed E-state index contributed by atoms with van der Waals surface area (Å²) in [6, 6.07) is 16.0. The number of carbonyl (C=O) groups is 1. The second-order valence-corrected chi connectivity index (χ2v) is 6.94. The van der Waals surface area contributed by atoms with Gasteiger partial charge >= 0.3 is 0 Å². The highest BCUT2D eigenvalue weighted by Crippen LogP contribution is 2.29. The van der Waals surface area contributed by atoms with E-state index in [-0.39, 0.29) is 5.91 Å². The van der Waals surface area contributed by atoms with Crippen LogP contribution in [0.4, 0.5) is 5.69 Å². The normalized spacial score (nSPS) is 15.7. The van der Waals surface area contributed by atoms with Crippen LogP contribution in [-0.2, 0) is 17.8 Å². The number of carbonyl (C=O) groups excluding carboxylic acids is 1. The average molecular weight is 368 g/mol. The topological polar surface area (TPSA) is 53.0 Å². The van der Waals surface area contributed by atoms with Crippen molar-refractivity contribution in [3.8, 4) is 5.75 Å². The van der Waals surface area contributed by atoms with Crippen molar-refractivity contribution < 1.29 is 14.6 Å². The maximum absolute atomic E-state index is 12.5. The average Bonchev–Trinajstić information content (AvgIpc) is 2.68. The highest BCUT2D eigenvalue weighted by atomic mass is 16.5. The Kier molecular flexibility index (Phi) is 6.35. The lowest BCUT2D eigenvalue weighted by Crippen LogP contribution is -2.41. The highest BCUT2D eigenvalue weighted by Gasteiger charge is 2.23. The molecule has 2 aromatic carbocycles. The zero-order valence-corrected chi connectivity index (χ0v) is 16.1. The van der Waals surface area contributed by atoms with Gasteiger partial charge in [-0.3, -0.25) is 4.79 Å². The number of aliphatic hydroxyl groups excluding tert-OH is 1. The largest absolute Gasteiger partial charge is 0.497 e. The van der Waals surface area contributed by atoms with Crippen LogP contribution >= 0.6 is 0 Å². The summed E-state index contributed by atoms with van der Waals surface area (Å²) in [5.41, 5.74) is 3.23. The van der Waals surface area contributed by atoms with Crippen molar-refractivity contribution in [3.63, 3.8) is 0 Å². The third-order valence-corrected chi connectivity index (χ3v) is 5.06. The molecule has 1 amide bonds. The fourth-order valence-corrected chi connectivity index (χ4v) is 3.61. The Balaban J connectivity index is 1.82. The first-order valence-electron chi connectivity index (χ1n) is 9.52. The lowest BCUT2D eigenvalue weighted by molar-refractivity contribution is -0.131. The Morgan fingerprint density at radius 2 is 1.93 bits per heavy atom. The van der Waals surface area contributed by atoms with Gasteiger partial charge in [-0.25, -0.2) is 0 Å². The van der Waals surface area contributed by atoms with E-state index < -0.39 is 6.10 Å². The highest BCUT2D eigenvalue weighted by molar-refractivity contribution is 5.78.